The number of para-hydroxylation sites is 1. The molecular weight excluding hydrogens is 374 g/mol. The number of rotatable bonds is 7. The second-order valence-corrected chi connectivity index (χ2v) is 6.64. The van der Waals surface area contributed by atoms with Crippen molar-refractivity contribution in [3.05, 3.63) is 64.9 Å². The summed E-state index contributed by atoms with van der Waals surface area (Å²) in [5, 5.41) is 3.48. The van der Waals surface area contributed by atoms with Gasteiger partial charge in [0, 0.05) is 28.8 Å². The molecule has 1 aliphatic rings. The van der Waals surface area contributed by atoms with Crippen LogP contribution in [0.5, 0.6) is 0 Å². The third-order valence-corrected chi connectivity index (χ3v) is 4.72. The Hall–Kier alpha value is -3.45. The highest BCUT2D eigenvalue weighted by Gasteiger charge is 2.24. The van der Waals surface area contributed by atoms with Crippen molar-refractivity contribution in [1.29, 1.82) is 0 Å². The maximum Gasteiger partial charge on any atom is 0.375 e. The first kappa shape index (κ1) is 18.9. The Morgan fingerprint density at radius 3 is 2.83 bits per heavy atom. The van der Waals surface area contributed by atoms with Gasteiger partial charge in [0.1, 0.15) is 5.58 Å². The molecule has 1 aliphatic heterocycles. The molecule has 4 rings (SSSR count). The SMILES string of the molecule is CCOCc1c(C(=O)OCC(=O)c2ccc3c(c2)CC(=O)N3)oc2ccccc12. The number of hydrogen-bond donors (Lipinski definition) is 1. The first-order chi connectivity index (χ1) is 14.1. The van der Waals surface area contributed by atoms with Gasteiger partial charge in [-0.05, 0) is 36.8 Å². The predicted octanol–water partition coefficient (Wildman–Crippen LogP) is 3.50. The highest BCUT2D eigenvalue weighted by atomic mass is 16.5. The van der Waals surface area contributed by atoms with Crippen LogP contribution in [-0.4, -0.2) is 30.9 Å². The van der Waals surface area contributed by atoms with Crippen molar-refractivity contribution in [1.82, 2.24) is 0 Å². The third-order valence-electron chi connectivity index (χ3n) is 4.72. The van der Waals surface area contributed by atoms with E-state index in [1.54, 1.807) is 24.3 Å². The van der Waals surface area contributed by atoms with Crippen molar-refractivity contribution >= 4 is 34.3 Å². The number of Topliss-reactive ketones (excluding diaryl/α,β-unsaturated/α-hetero) is 1. The van der Waals surface area contributed by atoms with E-state index < -0.39 is 12.6 Å². The molecule has 1 N–H and O–H groups in total. The Morgan fingerprint density at radius 1 is 1.17 bits per heavy atom. The molecule has 7 nitrogen and oxygen atoms in total. The van der Waals surface area contributed by atoms with Gasteiger partial charge in [-0.3, -0.25) is 9.59 Å². The maximum absolute atomic E-state index is 12.6. The lowest BCUT2D eigenvalue weighted by Gasteiger charge is -2.06. The van der Waals surface area contributed by atoms with Crippen molar-refractivity contribution < 1.29 is 28.3 Å². The van der Waals surface area contributed by atoms with Crippen LogP contribution in [-0.2, 0) is 27.3 Å². The molecule has 0 saturated carbocycles. The van der Waals surface area contributed by atoms with E-state index in [1.165, 1.54) is 0 Å². The average Bonchev–Trinajstić information content (AvgIpc) is 3.28. The molecule has 0 unspecified atom stereocenters. The standard InChI is InChI=1S/C22H19NO6/c1-2-27-11-16-15-5-3-4-6-19(15)29-21(16)22(26)28-12-18(24)13-7-8-17-14(9-13)10-20(25)23-17/h3-9H,2,10-12H2,1H3,(H,23,25). The van der Waals surface area contributed by atoms with Crippen molar-refractivity contribution in [2.75, 3.05) is 18.5 Å². The summed E-state index contributed by atoms with van der Waals surface area (Å²) in [5.74, 6) is -1.15. The summed E-state index contributed by atoms with van der Waals surface area (Å²) in [4.78, 5) is 36.5. The minimum atomic E-state index is -0.720. The van der Waals surface area contributed by atoms with Gasteiger partial charge >= 0.3 is 5.97 Å². The number of carbonyl (C=O) groups is 3. The molecule has 3 aromatic rings. The fraction of sp³-hybridized carbons (Fsp3) is 0.227. The second-order valence-electron chi connectivity index (χ2n) is 6.64. The smallest absolute Gasteiger partial charge is 0.375 e. The number of ether oxygens (including phenoxy) is 2. The average molecular weight is 393 g/mol. The minimum Gasteiger partial charge on any atom is -0.451 e. The summed E-state index contributed by atoms with van der Waals surface area (Å²) in [6.45, 7) is 2.13. The highest BCUT2D eigenvalue weighted by molar-refractivity contribution is 6.03. The molecule has 148 valence electrons. The lowest BCUT2D eigenvalue weighted by Crippen LogP contribution is -2.15. The summed E-state index contributed by atoms with van der Waals surface area (Å²) >= 11 is 0. The molecule has 0 radical (unpaired) electrons. The summed E-state index contributed by atoms with van der Waals surface area (Å²) < 4.78 is 16.3. The van der Waals surface area contributed by atoms with E-state index in [-0.39, 0.29) is 30.5 Å². The first-order valence-corrected chi connectivity index (χ1v) is 9.28. The fourth-order valence-corrected chi connectivity index (χ4v) is 3.29. The van der Waals surface area contributed by atoms with Crippen LogP contribution in [0.2, 0.25) is 0 Å². The normalized spacial score (nSPS) is 12.7. The van der Waals surface area contributed by atoms with Gasteiger partial charge in [0.25, 0.3) is 0 Å². The number of anilines is 1. The minimum absolute atomic E-state index is 0.0381. The number of carbonyl (C=O) groups excluding carboxylic acids is 3. The Kier molecular flexibility index (Phi) is 5.14. The number of amides is 1. The number of esters is 1. The molecule has 7 heteroatoms. The third kappa shape index (κ3) is 3.77. The molecule has 0 atom stereocenters. The molecule has 2 heterocycles. The lowest BCUT2D eigenvalue weighted by molar-refractivity contribution is -0.115. The van der Waals surface area contributed by atoms with Crippen LogP contribution in [0.4, 0.5) is 5.69 Å². The Balaban J connectivity index is 1.49. The van der Waals surface area contributed by atoms with Crippen molar-refractivity contribution in [2.24, 2.45) is 0 Å². The van der Waals surface area contributed by atoms with Crippen LogP contribution in [0.3, 0.4) is 0 Å². The van der Waals surface area contributed by atoms with Crippen LogP contribution in [0.25, 0.3) is 11.0 Å². The molecular formula is C22H19NO6. The highest BCUT2D eigenvalue weighted by Crippen LogP contribution is 2.28. The maximum atomic E-state index is 12.6. The number of nitrogens with one attached hydrogen (secondary N) is 1. The van der Waals surface area contributed by atoms with E-state index in [1.807, 2.05) is 25.1 Å². The van der Waals surface area contributed by atoms with Crippen LogP contribution in [0.15, 0.2) is 46.9 Å². The van der Waals surface area contributed by atoms with Crippen LogP contribution >= 0.6 is 0 Å². The first-order valence-electron chi connectivity index (χ1n) is 9.28. The summed E-state index contributed by atoms with van der Waals surface area (Å²) in [5.41, 5.74) is 2.99. The molecule has 0 fully saturated rings. The van der Waals surface area contributed by atoms with Crippen LogP contribution < -0.4 is 5.32 Å². The zero-order valence-electron chi connectivity index (χ0n) is 15.8. The van der Waals surface area contributed by atoms with E-state index in [4.69, 9.17) is 13.9 Å². The summed E-state index contributed by atoms with van der Waals surface area (Å²) in [6, 6.07) is 12.2. The van der Waals surface area contributed by atoms with Crippen molar-refractivity contribution in [3.63, 3.8) is 0 Å². The molecule has 1 amide bonds. The number of benzene rings is 2. The fourth-order valence-electron chi connectivity index (χ4n) is 3.29. The van der Waals surface area contributed by atoms with E-state index in [2.05, 4.69) is 5.32 Å². The zero-order chi connectivity index (χ0) is 20.4. The number of hydrogen-bond acceptors (Lipinski definition) is 6. The van der Waals surface area contributed by atoms with Gasteiger partial charge in [-0.1, -0.05) is 18.2 Å². The van der Waals surface area contributed by atoms with Gasteiger partial charge in [-0.2, -0.15) is 0 Å². The van der Waals surface area contributed by atoms with Gasteiger partial charge in [0.15, 0.2) is 12.4 Å². The molecule has 0 aliphatic carbocycles. The monoisotopic (exact) mass is 393 g/mol. The molecule has 0 spiro atoms. The Morgan fingerprint density at radius 2 is 2.00 bits per heavy atom. The van der Waals surface area contributed by atoms with Gasteiger partial charge in [0.05, 0.1) is 13.0 Å². The topological polar surface area (TPSA) is 94.8 Å². The Bertz CT molecular complexity index is 1110. The second kappa shape index (κ2) is 7.89. The van der Waals surface area contributed by atoms with Crippen molar-refractivity contribution in [2.45, 2.75) is 20.0 Å². The van der Waals surface area contributed by atoms with Crippen molar-refractivity contribution in [3.8, 4) is 0 Å². The quantitative estimate of drug-likeness (QED) is 0.488. The van der Waals surface area contributed by atoms with Gasteiger partial charge in [-0.15, -0.1) is 0 Å². The van der Waals surface area contributed by atoms with Gasteiger partial charge in [0.2, 0.25) is 11.7 Å². The van der Waals surface area contributed by atoms with Gasteiger partial charge < -0.3 is 19.2 Å². The van der Waals surface area contributed by atoms with E-state index in [0.29, 0.717) is 29.0 Å². The summed E-state index contributed by atoms with van der Waals surface area (Å²) in [7, 11) is 0. The summed E-state index contributed by atoms with van der Waals surface area (Å²) in [6.07, 6.45) is 0.232. The molecule has 29 heavy (non-hydrogen) atoms. The van der Waals surface area contributed by atoms with E-state index in [0.717, 1.165) is 10.9 Å². The van der Waals surface area contributed by atoms with E-state index in [9.17, 15) is 14.4 Å². The Labute approximate surface area is 166 Å². The molecule has 1 aromatic heterocycles. The van der Waals surface area contributed by atoms with E-state index >= 15 is 0 Å². The number of furan rings is 1. The lowest BCUT2D eigenvalue weighted by atomic mass is 10.1. The number of ketones is 1. The van der Waals surface area contributed by atoms with Crippen LogP contribution in [0.1, 0.15) is 39.0 Å². The number of fused-ring (bicyclic) bond motifs is 2. The zero-order valence-corrected chi connectivity index (χ0v) is 15.8. The molecule has 2 aromatic carbocycles. The predicted molar refractivity (Wildman–Crippen MR) is 105 cm³/mol. The molecule has 0 bridgehead atoms. The van der Waals surface area contributed by atoms with Crippen LogP contribution in [0, 0.1) is 0 Å². The van der Waals surface area contributed by atoms with Gasteiger partial charge in [-0.25, -0.2) is 4.79 Å². The largest absolute Gasteiger partial charge is 0.451 e. The molecule has 0 saturated heterocycles.